The Kier molecular flexibility index (Phi) is 2.20. The van der Waals surface area contributed by atoms with E-state index in [-0.39, 0.29) is 0 Å². The monoisotopic (exact) mass is 138 g/mol. The lowest BCUT2D eigenvalue weighted by Gasteiger charge is -2.17. The minimum atomic E-state index is 0.698. The fourth-order valence-electron chi connectivity index (χ4n) is 0.945. The van der Waals surface area contributed by atoms with Crippen LogP contribution in [0.3, 0.4) is 0 Å². The van der Waals surface area contributed by atoms with Crippen molar-refractivity contribution in [2.45, 2.75) is 13.8 Å². The van der Waals surface area contributed by atoms with Gasteiger partial charge in [-0.2, -0.15) is 0 Å². The first-order valence-corrected chi connectivity index (χ1v) is 3.62. The molecule has 0 saturated carbocycles. The second-order valence-electron chi connectivity index (χ2n) is 3.06. The summed E-state index contributed by atoms with van der Waals surface area (Å²) in [6.07, 6.45) is 4.04. The summed E-state index contributed by atoms with van der Waals surface area (Å²) in [6.45, 7) is 8.60. The molecule has 2 heteroatoms. The predicted octanol–water partition coefficient (Wildman–Crippen LogP) is 1.36. The van der Waals surface area contributed by atoms with Crippen molar-refractivity contribution in [3.8, 4) is 0 Å². The van der Waals surface area contributed by atoms with Gasteiger partial charge < -0.3 is 9.80 Å². The maximum atomic E-state index is 3.14. The molecule has 0 atom stereocenters. The minimum Gasteiger partial charge on any atom is -0.349 e. The zero-order valence-electron chi connectivity index (χ0n) is 6.83. The Bertz CT molecular complexity index is 129. The Morgan fingerprint density at radius 2 is 2.10 bits per heavy atom. The molecule has 0 aromatic rings. The molecule has 0 aromatic heterocycles. The van der Waals surface area contributed by atoms with Gasteiger partial charge in [0.05, 0.1) is 0 Å². The lowest BCUT2D eigenvalue weighted by atomic mass is 10.2. The minimum absolute atomic E-state index is 0.698. The van der Waals surface area contributed by atoms with Crippen LogP contribution in [-0.2, 0) is 0 Å². The molecule has 56 valence electrons. The molecule has 0 aromatic carbocycles. The van der Waals surface area contributed by atoms with E-state index in [0.29, 0.717) is 5.92 Å². The third-order valence-electron chi connectivity index (χ3n) is 1.32. The molecule has 0 amide bonds. The standard InChI is InChI=1S/C8H14N2/c1-8(2)6-10-5-4-9(3)7-10/h4-5,8H,6H2,1-3H3. The molecule has 0 fully saturated rings. The highest BCUT2D eigenvalue weighted by Gasteiger charge is 2.10. The molecular weight excluding hydrogens is 124 g/mol. The highest BCUT2D eigenvalue weighted by Crippen LogP contribution is 2.10. The van der Waals surface area contributed by atoms with E-state index >= 15 is 0 Å². The summed E-state index contributed by atoms with van der Waals surface area (Å²) in [4.78, 5) is 4.01. The second-order valence-corrected chi connectivity index (χ2v) is 3.06. The molecule has 1 heterocycles. The molecule has 0 aliphatic carbocycles. The van der Waals surface area contributed by atoms with E-state index < -0.39 is 0 Å². The van der Waals surface area contributed by atoms with Crippen molar-refractivity contribution in [3.63, 3.8) is 0 Å². The molecule has 0 bridgehead atoms. The highest BCUT2D eigenvalue weighted by molar-refractivity contribution is 4.95. The number of hydrogen-bond acceptors (Lipinski definition) is 2. The number of nitrogens with zero attached hydrogens (tertiary/aromatic N) is 2. The summed E-state index contributed by atoms with van der Waals surface area (Å²) in [7, 11) is 1.98. The van der Waals surface area contributed by atoms with Crippen molar-refractivity contribution in [3.05, 3.63) is 19.1 Å². The van der Waals surface area contributed by atoms with Crippen LogP contribution in [0.1, 0.15) is 13.8 Å². The van der Waals surface area contributed by atoms with Gasteiger partial charge in [0.1, 0.15) is 0 Å². The van der Waals surface area contributed by atoms with E-state index in [2.05, 4.69) is 25.4 Å². The van der Waals surface area contributed by atoms with Gasteiger partial charge in [-0.1, -0.05) is 13.8 Å². The van der Waals surface area contributed by atoms with Gasteiger partial charge in [-0.25, -0.2) is 0 Å². The van der Waals surface area contributed by atoms with Crippen molar-refractivity contribution in [2.75, 3.05) is 13.6 Å². The SMILES string of the molecule is CC(C)CN1[C]N(C)C=C1. The zero-order valence-corrected chi connectivity index (χ0v) is 6.83. The zero-order chi connectivity index (χ0) is 7.56. The lowest BCUT2D eigenvalue weighted by molar-refractivity contribution is 0.342. The molecule has 0 spiro atoms. The third-order valence-corrected chi connectivity index (χ3v) is 1.32. The normalized spacial score (nSPS) is 17.6. The fraction of sp³-hybridized carbons (Fsp3) is 0.625. The van der Waals surface area contributed by atoms with E-state index in [0.717, 1.165) is 6.54 Å². The van der Waals surface area contributed by atoms with Crippen LogP contribution in [0, 0.1) is 12.6 Å². The largest absolute Gasteiger partial charge is 0.349 e. The molecular formula is C8H14N2. The molecule has 1 aliphatic heterocycles. The Labute approximate surface area is 63.1 Å². The fourth-order valence-corrected chi connectivity index (χ4v) is 0.945. The molecule has 0 saturated heterocycles. The van der Waals surface area contributed by atoms with Gasteiger partial charge in [-0.15, -0.1) is 0 Å². The Hall–Kier alpha value is -0.660. The van der Waals surface area contributed by atoms with Crippen molar-refractivity contribution in [1.82, 2.24) is 9.80 Å². The predicted molar refractivity (Wildman–Crippen MR) is 41.7 cm³/mol. The first-order chi connectivity index (χ1) is 4.68. The smallest absolute Gasteiger partial charge is 0.207 e. The molecule has 1 aliphatic rings. The summed E-state index contributed by atoms with van der Waals surface area (Å²) in [5, 5.41) is 0. The number of hydrogen-bond donors (Lipinski definition) is 0. The summed E-state index contributed by atoms with van der Waals surface area (Å²) in [5.74, 6) is 0.698. The van der Waals surface area contributed by atoms with Gasteiger partial charge in [0.15, 0.2) is 0 Å². The second kappa shape index (κ2) is 2.95. The maximum Gasteiger partial charge on any atom is 0.207 e. The van der Waals surface area contributed by atoms with Gasteiger partial charge in [-0.3, -0.25) is 0 Å². The first kappa shape index (κ1) is 7.45. The van der Waals surface area contributed by atoms with Crippen LogP contribution < -0.4 is 0 Å². The van der Waals surface area contributed by atoms with E-state index in [4.69, 9.17) is 0 Å². The van der Waals surface area contributed by atoms with Gasteiger partial charge in [0, 0.05) is 26.0 Å². The first-order valence-electron chi connectivity index (χ1n) is 3.62. The number of rotatable bonds is 2. The van der Waals surface area contributed by atoms with Crippen LogP contribution in [-0.4, -0.2) is 23.4 Å². The molecule has 2 nitrogen and oxygen atoms in total. The molecule has 2 radical (unpaired) electrons. The molecule has 0 unspecified atom stereocenters. The molecule has 0 N–H and O–H groups in total. The van der Waals surface area contributed by atoms with Gasteiger partial charge in [0.25, 0.3) is 0 Å². The summed E-state index contributed by atoms with van der Waals surface area (Å²) < 4.78 is 0. The van der Waals surface area contributed by atoms with Crippen molar-refractivity contribution in [1.29, 1.82) is 0 Å². The van der Waals surface area contributed by atoms with Crippen LogP contribution in [0.4, 0.5) is 0 Å². The summed E-state index contributed by atoms with van der Waals surface area (Å²) >= 11 is 0. The third kappa shape index (κ3) is 1.94. The summed E-state index contributed by atoms with van der Waals surface area (Å²) in [6, 6.07) is 0. The van der Waals surface area contributed by atoms with Gasteiger partial charge in [0.2, 0.25) is 6.67 Å². The highest BCUT2D eigenvalue weighted by atomic mass is 15.3. The quantitative estimate of drug-likeness (QED) is 0.568. The van der Waals surface area contributed by atoms with Crippen LogP contribution in [0.15, 0.2) is 12.4 Å². The van der Waals surface area contributed by atoms with Crippen molar-refractivity contribution >= 4 is 0 Å². The Morgan fingerprint density at radius 1 is 1.40 bits per heavy atom. The topological polar surface area (TPSA) is 6.48 Å². The van der Waals surface area contributed by atoms with Gasteiger partial charge >= 0.3 is 0 Å². The van der Waals surface area contributed by atoms with Crippen LogP contribution in [0.5, 0.6) is 0 Å². The van der Waals surface area contributed by atoms with E-state index in [1.54, 1.807) is 0 Å². The average molecular weight is 138 g/mol. The van der Waals surface area contributed by atoms with Crippen LogP contribution in [0.2, 0.25) is 0 Å². The Balaban J connectivity index is 2.26. The van der Waals surface area contributed by atoms with E-state index in [1.807, 2.05) is 24.3 Å². The maximum absolute atomic E-state index is 3.14. The van der Waals surface area contributed by atoms with Crippen molar-refractivity contribution in [2.24, 2.45) is 5.92 Å². The van der Waals surface area contributed by atoms with Crippen molar-refractivity contribution < 1.29 is 0 Å². The van der Waals surface area contributed by atoms with Gasteiger partial charge in [-0.05, 0) is 5.92 Å². The lowest BCUT2D eigenvalue weighted by Crippen LogP contribution is -2.20. The van der Waals surface area contributed by atoms with Crippen LogP contribution in [0.25, 0.3) is 0 Å². The molecule has 10 heavy (non-hydrogen) atoms. The summed E-state index contributed by atoms with van der Waals surface area (Å²) in [5.41, 5.74) is 0. The Morgan fingerprint density at radius 3 is 2.50 bits per heavy atom. The van der Waals surface area contributed by atoms with Crippen LogP contribution >= 0.6 is 0 Å². The average Bonchev–Trinajstić information content (AvgIpc) is 2.13. The van der Waals surface area contributed by atoms with E-state index in [9.17, 15) is 0 Å². The molecule has 1 rings (SSSR count). The van der Waals surface area contributed by atoms with E-state index in [1.165, 1.54) is 0 Å².